The summed E-state index contributed by atoms with van der Waals surface area (Å²) < 4.78 is 4.80. The first kappa shape index (κ1) is 21.0. The normalized spacial score (nSPS) is 11.7. The van der Waals surface area contributed by atoms with Crippen molar-refractivity contribution >= 4 is 43.6 Å². The molecule has 0 amide bonds. The van der Waals surface area contributed by atoms with Crippen LogP contribution >= 0.6 is 0 Å². The van der Waals surface area contributed by atoms with Gasteiger partial charge in [-0.2, -0.15) is 0 Å². The van der Waals surface area contributed by atoms with Gasteiger partial charge in [0.05, 0.1) is 22.1 Å². The van der Waals surface area contributed by atoms with Gasteiger partial charge in [-0.1, -0.05) is 103 Å². The maximum absolute atomic E-state index is 2.41. The van der Waals surface area contributed by atoms with Gasteiger partial charge in [0.25, 0.3) is 0 Å². The Morgan fingerprint density at radius 1 is 0.342 bits per heavy atom. The number of para-hydroxylation sites is 5. The minimum atomic E-state index is 1.17. The zero-order valence-corrected chi connectivity index (χ0v) is 20.8. The van der Waals surface area contributed by atoms with E-state index in [1.165, 1.54) is 66.1 Å². The quantitative estimate of drug-likeness (QED) is 0.236. The van der Waals surface area contributed by atoms with Crippen molar-refractivity contribution in [3.63, 3.8) is 0 Å². The van der Waals surface area contributed by atoms with Crippen LogP contribution in [0.5, 0.6) is 0 Å². The summed E-state index contributed by atoms with van der Waals surface area (Å²) in [5, 5.41) is 5.09. The largest absolute Gasteiger partial charge is 0.309 e. The third kappa shape index (κ3) is 3.01. The molecule has 0 aliphatic heterocycles. The molecule has 38 heavy (non-hydrogen) atoms. The van der Waals surface area contributed by atoms with E-state index in [0.29, 0.717) is 0 Å². The molecule has 0 spiro atoms. The molecule has 0 aliphatic rings. The minimum Gasteiger partial charge on any atom is -0.309 e. The van der Waals surface area contributed by atoms with E-state index in [1.807, 2.05) is 0 Å². The first-order chi connectivity index (χ1) is 18.9. The van der Waals surface area contributed by atoms with Gasteiger partial charge in [-0.3, -0.25) is 0 Å². The molecule has 178 valence electrons. The van der Waals surface area contributed by atoms with E-state index in [2.05, 4.69) is 155 Å². The van der Waals surface area contributed by atoms with Gasteiger partial charge in [0.1, 0.15) is 0 Å². The number of hydrogen-bond donors (Lipinski definition) is 0. The van der Waals surface area contributed by atoms with Crippen LogP contribution in [0.3, 0.4) is 0 Å². The summed E-state index contributed by atoms with van der Waals surface area (Å²) in [7, 11) is 0. The third-order valence-corrected chi connectivity index (χ3v) is 7.70. The van der Waals surface area contributed by atoms with Gasteiger partial charge < -0.3 is 9.13 Å². The monoisotopic (exact) mass is 484 g/mol. The van der Waals surface area contributed by atoms with Crippen molar-refractivity contribution in [1.29, 1.82) is 0 Å². The lowest BCUT2D eigenvalue weighted by molar-refractivity contribution is 1.17. The molecule has 8 aromatic rings. The molecule has 6 aromatic carbocycles. The molecule has 0 fully saturated rings. The Labute approximate surface area is 220 Å². The van der Waals surface area contributed by atoms with Crippen LogP contribution in [0, 0.1) is 0 Å². The van der Waals surface area contributed by atoms with E-state index < -0.39 is 0 Å². The number of rotatable bonds is 3. The molecule has 2 heterocycles. The van der Waals surface area contributed by atoms with Crippen LogP contribution in [0.4, 0.5) is 0 Å². The molecule has 8 rings (SSSR count). The van der Waals surface area contributed by atoms with Crippen LogP contribution in [-0.2, 0) is 0 Å². The Hall–Kier alpha value is -5.08. The van der Waals surface area contributed by atoms with E-state index in [1.54, 1.807) is 0 Å². The summed E-state index contributed by atoms with van der Waals surface area (Å²) in [4.78, 5) is 0. The zero-order valence-electron chi connectivity index (χ0n) is 20.8. The fourth-order valence-corrected chi connectivity index (χ4v) is 6.11. The Morgan fingerprint density at radius 3 is 1.53 bits per heavy atom. The van der Waals surface area contributed by atoms with Crippen LogP contribution in [0.25, 0.3) is 66.1 Å². The van der Waals surface area contributed by atoms with Gasteiger partial charge in [-0.25, -0.2) is 0 Å². The molecule has 0 saturated heterocycles. The van der Waals surface area contributed by atoms with E-state index in [0.717, 1.165) is 0 Å². The molecule has 2 nitrogen and oxygen atoms in total. The summed E-state index contributed by atoms with van der Waals surface area (Å²) in [5.41, 5.74) is 9.67. The maximum atomic E-state index is 2.41. The highest BCUT2D eigenvalue weighted by Crippen LogP contribution is 2.39. The van der Waals surface area contributed by atoms with Crippen molar-refractivity contribution in [2.75, 3.05) is 0 Å². The topological polar surface area (TPSA) is 9.86 Å². The molecule has 0 bridgehead atoms. The molecule has 2 heteroatoms. The molecular weight excluding hydrogens is 460 g/mol. The second-order valence-electron chi connectivity index (χ2n) is 9.81. The maximum Gasteiger partial charge on any atom is 0.0619 e. The predicted molar refractivity (Wildman–Crippen MR) is 161 cm³/mol. The average Bonchev–Trinajstić information content (AvgIpc) is 3.51. The summed E-state index contributed by atoms with van der Waals surface area (Å²) in [6.07, 6.45) is 0. The predicted octanol–water partition coefficient (Wildman–Crippen LogP) is 9.55. The number of hydrogen-bond acceptors (Lipinski definition) is 0. The Morgan fingerprint density at radius 2 is 0.842 bits per heavy atom. The molecule has 0 aliphatic carbocycles. The molecule has 2 aromatic heterocycles. The van der Waals surface area contributed by atoms with Crippen LogP contribution in [-0.4, -0.2) is 9.13 Å². The molecule has 0 radical (unpaired) electrons. The van der Waals surface area contributed by atoms with Crippen LogP contribution < -0.4 is 0 Å². The van der Waals surface area contributed by atoms with Crippen molar-refractivity contribution in [1.82, 2.24) is 9.13 Å². The van der Waals surface area contributed by atoms with Gasteiger partial charge in [-0.15, -0.1) is 0 Å². The standard InChI is InChI=1S/C36H24N2/c1-2-13-26(14-3-1)38-35-23-9-6-18-31(35)32-20-11-19-28(36(32)38)25-12-10-15-27(24-25)37-33-21-7-4-16-29(33)30-17-5-8-22-34(30)37/h1-24H. The highest BCUT2D eigenvalue weighted by Gasteiger charge is 2.17. The summed E-state index contributed by atoms with van der Waals surface area (Å²) in [5.74, 6) is 0. The van der Waals surface area contributed by atoms with E-state index >= 15 is 0 Å². The van der Waals surface area contributed by atoms with Crippen molar-refractivity contribution < 1.29 is 0 Å². The number of benzene rings is 6. The lowest BCUT2D eigenvalue weighted by Crippen LogP contribution is -1.96. The van der Waals surface area contributed by atoms with Gasteiger partial charge in [0.2, 0.25) is 0 Å². The van der Waals surface area contributed by atoms with Crippen LogP contribution in [0.15, 0.2) is 146 Å². The Bertz CT molecular complexity index is 2070. The number of aromatic nitrogens is 2. The lowest BCUT2D eigenvalue weighted by atomic mass is 10.0. The summed E-state index contributed by atoms with van der Waals surface area (Å²) >= 11 is 0. The number of fused-ring (bicyclic) bond motifs is 6. The summed E-state index contributed by atoms with van der Waals surface area (Å²) in [6.45, 7) is 0. The first-order valence-corrected chi connectivity index (χ1v) is 13.0. The number of nitrogens with zero attached hydrogens (tertiary/aromatic N) is 2. The van der Waals surface area contributed by atoms with Crippen molar-refractivity contribution in [3.8, 4) is 22.5 Å². The second-order valence-corrected chi connectivity index (χ2v) is 9.81. The van der Waals surface area contributed by atoms with Crippen molar-refractivity contribution in [2.24, 2.45) is 0 Å². The van der Waals surface area contributed by atoms with Crippen LogP contribution in [0.1, 0.15) is 0 Å². The summed E-state index contributed by atoms with van der Waals surface area (Å²) in [6, 6.07) is 52.4. The molecular formula is C36H24N2. The van der Waals surface area contributed by atoms with E-state index in [4.69, 9.17) is 0 Å². The zero-order chi connectivity index (χ0) is 25.1. The lowest BCUT2D eigenvalue weighted by Gasteiger charge is -2.13. The highest BCUT2D eigenvalue weighted by molar-refractivity contribution is 6.14. The SMILES string of the molecule is c1ccc(-n2c3ccccc3c3cccc(-c4cccc(-n5c6ccccc6c6ccccc65)c4)c32)cc1. The molecule has 0 unspecified atom stereocenters. The first-order valence-electron chi connectivity index (χ1n) is 13.0. The Balaban J connectivity index is 1.43. The van der Waals surface area contributed by atoms with Gasteiger partial charge in [0.15, 0.2) is 0 Å². The highest BCUT2D eigenvalue weighted by atomic mass is 15.0. The Kier molecular flexibility index (Phi) is 4.55. The van der Waals surface area contributed by atoms with Crippen molar-refractivity contribution in [3.05, 3.63) is 146 Å². The van der Waals surface area contributed by atoms with E-state index in [-0.39, 0.29) is 0 Å². The van der Waals surface area contributed by atoms with Gasteiger partial charge in [-0.05, 0) is 48.0 Å². The second kappa shape index (κ2) is 8.22. The smallest absolute Gasteiger partial charge is 0.0619 e. The molecule has 0 N–H and O–H groups in total. The average molecular weight is 485 g/mol. The fourth-order valence-electron chi connectivity index (χ4n) is 6.11. The van der Waals surface area contributed by atoms with E-state index in [9.17, 15) is 0 Å². The third-order valence-electron chi connectivity index (χ3n) is 7.70. The van der Waals surface area contributed by atoms with Crippen LogP contribution in [0.2, 0.25) is 0 Å². The minimum absolute atomic E-state index is 1.17. The van der Waals surface area contributed by atoms with Gasteiger partial charge in [0, 0.05) is 38.5 Å². The van der Waals surface area contributed by atoms with Gasteiger partial charge >= 0.3 is 0 Å². The molecule has 0 atom stereocenters. The molecule has 0 saturated carbocycles. The fraction of sp³-hybridized carbons (Fsp3) is 0. The van der Waals surface area contributed by atoms with Crippen molar-refractivity contribution in [2.45, 2.75) is 0 Å².